The zero-order valence-corrected chi connectivity index (χ0v) is 8.45. The Morgan fingerprint density at radius 3 is 3.13 bits per heavy atom. The Hall–Kier alpha value is -1.46. The maximum atomic E-state index is 11.5. The molecule has 0 radical (unpaired) electrons. The van der Waals surface area contributed by atoms with E-state index in [0.29, 0.717) is 29.6 Å². The van der Waals surface area contributed by atoms with Gasteiger partial charge in [0.2, 0.25) is 0 Å². The van der Waals surface area contributed by atoms with Gasteiger partial charge in [0.15, 0.2) is 11.4 Å². The van der Waals surface area contributed by atoms with Crippen LogP contribution in [0.25, 0.3) is 5.65 Å². The minimum atomic E-state index is -0.00197. The SMILES string of the molecule is O=C1CNCc2c1nc1ccc(Cl)nn21. The van der Waals surface area contributed by atoms with Gasteiger partial charge in [-0.05, 0) is 12.1 Å². The maximum absolute atomic E-state index is 11.5. The summed E-state index contributed by atoms with van der Waals surface area (Å²) >= 11 is 5.79. The topological polar surface area (TPSA) is 59.3 Å². The van der Waals surface area contributed by atoms with Gasteiger partial charge in [-0.25, -0.2) is 9.50 Å². The number of carbonyl (C=O) groups excluding carboxylic acids is 1. The summed E-state index contributed by atoms with van der Waals surface area (Å²) in [7, 11) is 0. The zero-order chi connectivity index (χ0) is 10.4. The van der Waals surface area contributed by atoms with Crippen molar-refractivity contribution in [2.24, 2.45) is 0 Å². The van der Waals surface area contributed by atoms with Crippen LogP contribution in [0, 0.1) is 0 Å². The normalized spacial score (nSPS) is 15.7. The first-order valence-electron chi connectivity index (χ1n) is 4.54. The summed E-state index contributed by atoms with van der Waals surface area (Å²) < 4.78 is 1.61. The van der Waals surface area contributed by atoms with Crippen molar-refractivity contribution in [3.05, 3.63) is 28.7 Å². The minimum Gasteiger partial charge on any atom is -0.304 e. The molecule has 0 spiro atoms. The number of aromatic nitrogens is 3. The Morgan fingerprint density at radius 1 is 1.40 bits per heavy atom. The Balaban J connectivity index is 2.36. The van der Waals surface area contributed by atoms with Gasteiger partial charge in [-0.15, -0.1) is 0 Å². The van der Waals surface area contributed by atoms with E-state index in [2.05, 4.69) is 15.4 Å². The van der Waals surface area contributed by atoms with Crippen LogP contribution >= 0.6 is 11.6 Å². The lowest BCUT2D eigenvalue weighted by atomic mass is 10.2. The van der Waals surface area contributed by atoms with E-state index in [9.17, 15) is 4.79 Å². The van der Waals surface area contributed by atoms with Crippen LogP contribution in [0.5, 0.6) is 0 Å². The van der Waals surface area contributed by atoms with E-state index in [-0.39, 0.29) is 5.78 Å². The predicted molar refractivity (Wildman–Crippen MR) is 54.0 cm³/mol. The summed E-state index contributed by atoms with van der Waals surface area (Å²) in [6, 6.07) is 3.41. The van der Waals surface area contributed by atoms with Gasteiger partial charge in [0.25, 0.3) is 0 Å². The van der Waals surface area contributed by atoms with E-state index in [1.54, 1.807) is 16.6 Å². The summed E-state index contributed by atoms with van der Waals surface area (Å²) in [5.74, 6) is -0.00197. The number of halogens is 1. The molecule has 0 aromatic carbocycles. The van der Waals surface area contributed by atoms with E-state index in [0.717, 1.165) is 5.69 Å². The Bertz CT molecular complexity index is 562. The summed E-state index contributed by atoms with van der Waals surface area (Å²) in [6.07, 6.45) is 0. The molecule has 2 aromatic rings. The first-order valence-corrected chi connectivity index (χ1v) is 4.91. The number of ketones is 1. The largest absolute Gasteiger partial charge is 0.304 e. The van der Waals surface area contributed by atoms with Crippen molar-refractivity contribution in [1.29, 1.82) is 0 Å². The van der Waals surface area contributed by atoms with E-state index >= 15 is 0 Å². The number of Topliss-reactive ketones (excluding diaryl/α,β-unsaturated/α-hetero) is 1. The molecule has 0 amide bonds. The van der Waals surface area contributed by atoms with Gasteiger partial charge in [-0.1, -0.05) is 11.6 Å². The Labute approximate surface area is 90.1 Å². The molecule has 1 aliphatic heterocycles. The third-order valence-corrected chi connectivity index (χ3v) is 2.58. The minimum absolute atomic E-state index is 0.00197. The highest BCUT2D eigenvalue weighted by molar-refractivity contribution is 6.29. The highest BCUT2D eigenvalue weighted by Crippen LogP contribution is 2.16. The first-order chi connectivity index (χ1) is 7.25. The summed E-state index contributed by atoms with van der Waals surface area (Å²) in [5.41, 5.74) is 1.94. The van der Waals surface area contributed by atoms with Crippen molar-refractivity contribution in [3.8, 4) is 0 Å². The number of rotatable bonds is 0. The molecule has 0 saturated heterocycles. The number of imidazole rings is 1. The second-order valence-electron chi connectivity index (χ2n) is 3.36. The number of carbonyl (C=O) groups is 1. The summed E-state index contributed by atoms with van der Waals surface area (Å²) in [4.78, 5) is 15.8. The molecule has 5 nitrogen and oxygen atoms in total. The molecule has 3 rings (SSSR count). The van der Waals surface area contributed by atoms with Crippen LogP contribution in [-0.4, -0.2) is 26.9 Å². The van der Waals surface area contributed by atoms with Gasteiger partial charge < -0.3 is 5.32 Å². The van der Waals surface area contributed by atoms with Crippen LogP contribution in [0.3, 0.4) is 0 Å². The van der Waals surface area contributed by atoms with Crippen LogP contribution in [0.15, 0.2) is 12.1 Å². The van der Waals surface area contributed by atoms with Gasteiger partial charge in [0, 0.05) is 6.54 Å². The van der Waals surface area contributed by atoms with Crippen molar-refractivity contribution in [3.63, 3.8) is 0 Å². The molecule has 0 aliphatic carbocycles. The number of hydrogen-bond donors (Lipinski definition) is 1. The number of hydrogen-bond acceptors (Lipinski definition) is 4. The van der Waals surface area contributed by atoms with Crippen molar-refractivity contribution in [2.75, 3.05) is 6.54 Å². The quantitative estimate of drug-likeness (QED) is 0.712. The molecule has 1 aliphatic rings. The second-order valence-corrected chi connectivity index (χ2v) is 3.75. The van der Waals surface area contributed by atoms with Crippen LogP contribution in [0.1, 0.15) is 16.2 Å². The molecule has 0 fully saturated rings. The molecule has 2 aromatic heterocycles. The molecule has 1 N–H and O–H groups in total. The molecule has 0 bridgehead atoms. The molecule has 6 heteroatoms. The molecular weight excluding hydrogens is 216 g/mol. The van der Waals surface area contributed by atoms with Gasteiger partial charge in [0.1, 0.15) is 10.8 Å². The fourth-order valence-electron chi connectivity index (χ4n) is 1.72. The number of nitrogens with zero attached hydrogens (tertiary/aromatic N) is 3. The van der Waals surface area contributed by atoms with E-state index in [1.807, 2.05) is 0 Å². The smallest absolute Gasteiger partial charge is 0.196 e. The monoisotopic (exact) mass is 222 g/mol. The third kappa shape index (κ3) is 1.24. The number of nitrogens with one attached hydrogen (secondary N) is 1. The Kier molecular flexibility index (Phi) is 1.77. The highest BCUT2D eigenvalue weighted by Gasteiger charge is 2.23. The van der Waals surface area contributed by atoms with E-state index in [4.69, 9.17) is 11.6 Å². The van der Waals surface area contributed by atoms with Crippen molar-refractivity contribution in [1.82, 2.24) is 19.9 Å². The highest BCUT2D eigenvalue weighted by atomic mass is 35.5. The van der Waals surface area contributed by atoms with E-state index in [1.165, 1.54) is 0 Å². The van der Waals surface area contributed by atoms with Gasteiger partial charge >= 0.3 is 0 Å². The zero-order valence-electron chi connectivity index (χ0n) is 7.70. The molecule has 0 unspecified atom stereocenters. The fourth-order valence-corrected chi connectivity index (χ4v) is 1.86. The van der Waals surface area contributed by atoms with Gasteiger partial charge in [0.05, 0.1) is 12.2 Å². The average molecular weight is 223 g/mol. The molecule has 0 atom stereocenters. The van der Waals surface area contributed by atoms with Crippen LogP contribution in [-0.2, 0) is 6.54 Å². The lowest BCUT2D eigenvalue weighted by molar-refractivity contribution is 0.0977. The lowest BCUT2D eigenvalue weighted by Gasteiger charge is -2.10. The van der Waals surface area contributed by atoms with Crippen LogP contribution < -0.4 is 5.32 Å². The van der Waals surface area contributed by atoms with Gasteiger partial charge in [-0.2, -0.15) is 5.10 Å². The average Bonchev–Trinajstić information content (AvgIpc) is 2.58. The standard InChI is InChI=1S/C9H7ClN4O/c10-7-1-2-8-12-9-5(14(8)13-7)3-11-4-6(9)15/h1-2,11H,3-4H2. The van der Waals surface area contributed by atoms with Crippen LogP contribution in [0.2, 0.25) is 5.15 Å². The first kappa shape index (κ1) is 8.82. The molecule has 0 saturated carbocycles. The summed E-state index contributed by atoms with van der Waals surface area (Å²) in [5, 5.41) is 7.50. The maximum Gasteiger partial charge on any atom is 0.196 e. The third-order valence-electron chi connectivity index (χ3n) is 2.38. The molecular formula is C9H7ClN4O. The van der Waals surface area contributed by atoms with Crippen molar-refractivity contribution >= 4 is 23.0 Å². The Morgan fingerprint density at radius 2 is 2.27 bits per heavy atom. The van der Waals surface area contributed by atoms with Gasteiger partial charge in [-0.3, -0.25) is 4.79 Å². The lowest BCUT2D eigenvalue weighted by Crippen LogP contribution is -2.30. The fraction of sp³-hybridized carbons (Fsp3) is 0.222. The van der Waals surface area contributed by atoms with Crippen molar-refractivity contribution in [2.45, 2.75) is 6.54 Å². The summed E-state index contributed by atoms with van der Waals surface area (Å²) in [6.45, 7) is 0.931. The van der Waals surface area contributed by atoms with Crippen LogP contribution in [0.4, 0.5) is 0 Å². The van der Waals surface area contributed by atoms with Crippen molar-refractivity contribution < 1.29 is 4.79 Å². The molecule has 3 heterocycles. The molecule has 15 heavy (non-hydrogen) atoms. The predicted octanol–water partition coefficient (Wildman–Crippen LogP) is 0.669. The number of fused-ring (bicyclic) bond motifs is 3. The molecule has 76 valence electrons. The van der Waals surface area contributed by atoms with E-state index < -0.39 is 0 Å². The second kappa shape index (κ2) is 3.01.